The summed E-state index contributed by atoms with van der Waals surface area (Å²) < 4.78 is 10.4. The number of piperazine rings is 1. The third-order valence-electron chi connectivity index (χ3n) is 9.59. The number of imidazole rings is 1. The summed E-state index contributed by atoms with van der Waals surface area (Å²) in [5, 5.41) is 2.33. The van der Waals surface area contributed by atoms with E-state index in [4.69, 9.17) is 4.74 Å². The first-order valence-corrected chi connectivity index (χ1v) is 16.9. The Morgan fingerprint density at radius 3 is 2.53 bits per heavy atom. The number of nitrogens with zero attached hydrogens (tertiary/aromatic N) is 6. The van der Waals surface area contributed by atoms with Gasteiger partial charge in [-0.1, -0.05) is 60.7 Å². The van der Waals surface area contributed by atoms with Crippen molar-refractivity contribution in [3.63, 3.8) is 0 Å². The molecule has 2 aliphatic heterocycles. The molecule has 0 unspecified atom stereocenters. The minimum absolute atomic E-state index is 0.106. The smallest absolute Gasteiger partial charge is 0.256 e. The first-order chi connectivity index (χ1) is 22.9. The van der Waals surface area contributed by atoms with Gasteiger partial charge in [-0.3, -0.25) is 4.79 Å². The van der Waals surface area contributed by atoms with Crippen LogP contribution < -0.4 is 0 Å². The first-order valence-electron chi connectivity index (χ1n) is 16.9. The molecule has 1 amide bonds. The molecule has 0 atom stereocenters. The van der Waals surface area contributed by atoms with E-state index in [9.17, 15) is 4.79 Å². The second kappa shape index (κ2) is 14.9. The molecule has 6 rings (SSSR count). The van der Waals surface area contributed by atoms with Crippen LogP contribution >= 0.6 is 0 Å². The van der Waals surface area contributed by atoms with Gasteiger partial charge < -0.3 is 28.6 Å². The summed E-state index contributed by atoms with van der Waals surface area (Å²) in [7, 11) is 2.12. The summed E-state index contributed by atoms with van der Waals surface area (Å²) in [4.78, 5) is 25.1. The third kappa shape index (κ3) is 7.71. The molecule has 2 saturated heterocycles. The summed E-state index contributed by atoms with van der Waals surface area (Å²) >= 11 is 0. The van der Waals surface area contributed by atoms with Crippen LogP contribution in [0.2, 0.25) is 0 Å². The fourth-order valence-electron chi connectivity index (χ4n) is 6.70. The largest absolute Gasteiger partial charge is 0.475 e. The van der Waals surface area contributed by atoms with Gasteiger partial charge in [-0.15, -0.1) is 0 Å². The molecule has 2 aromatic heterocycles. The highest BCUT2D eigenvalue weighted by atomic mass is 16.5. The molecule has 246 valence electrons. The average Bonchev–Trinajstić information content (AvgIpc) is 3.73. The SMILES string of the molecule is C=C(OC/C(C)=C/C=C\C)N1CCC(Cn2cncc2Cn2cc(C(=O)N3CCN(C)CC3)c(-c3cccc4ccccc34)c2)CC1. The van der Waals surface area contributed by atoms with Gasteiger partial charge in [-0.25, -0.2) is 4.98 Å². The molecule has 0 bridgehead atoms. The minimum Gasteiger partial charge on any atom is -0.475 e. The van der Waals surface area contributed by atoms with Crippen LogP contribution in [-0.2, 0) is 17.8 Å². The lowest BCUT2D eigenvalue weighted by Gasteiger charge is -2.34. The van der Waals surface area contributed by atoms with Gasteiger partial charge >= 0.3 is 0 Å². The third-order valence-corrected chi connectivity index (χ3v) is 9.59. The normalized spacial score (nSPS) is 16.8. The topological polar surface area (TPSA) is 58.8 Å². The van der Waals surface area contributed by atoms with Gasteiger partial charge in [0.15, 0.2) is 5.88 Å². The van der Waals surface area contributed by atoms with Crippen LogP contribution in [0, 0.1) is 5.92 Å². The van der Waals surface area contributed by atoms with Gasteiger partial charge in [0.1, 0.15) is 6.61 Å². The van der Waals surface area contributed by atoms with Crippen LogP contribution in [0.3, 0.4) is 0 Å². The van der Waals surface area contributed by atoms with Gasteiger partial charge in [0.05, 0.1) is 24.1 Å². The number of carbonyl (C=O) groups excluding carboxylic acids is 1. The van der Waals surface area contributed by atoms with E-state index in [1.807, 2.05) is 36.5 Å². The maximum absolute atomic E-state index is 14.0. The Labute approximate surface area is 279 Å². The van der Waals surface area contributed by atoms with Crippen molar-refractivity contribution in [2.75, 3.05) is 52.9 Å². The Morgan fingerprint density at radius 2 is 1.74 bits per heavy atom. The maximum Gasteiger partial charge on any atom is 0.256 e. The molecule has 0 saturated carbocycles. The molecule has 4 heterocycles. The number of likely N-dealkylation sites (N-methyl/N-ethyl adjacent to an activating group) is 1. The second-order valence-electron chi connectivity index (χ2n) is 13.1. The Hall–Kier alpha value is -4.56. The molecule has 8 heteroatoms. The molecular weight excluding hydrogens is 584 g/mol. The number of aromatic nitrogens is 3. The van der Waals surface area contributed by atoms with E-state index in [-0.39, 0.29) is 5.91 Å². The molecule has 4 aromatic rings. The van der Waals surface area contributed by atoms with Gasteiger partial charge in [0.25, 0.3) is 5.91 Å². The number of benzene rings is 2. The summed E-state index contributed by atoms with van der Waals surface area (Å²) in [5.41, 5.74) is 5.16. The predicted octanol–water partition coefficient (Wildman–Crippen LogP) is 6.66. The molecule has 0 aliphatic carbocycles. The molecule has 2 aliphatic rings. The lowest BCUT2D eigenvalue weighted by atomic mass is 9.97. The number of amides is 1. The summed E-state index contributed by atoms with van der Waals surface area (Å²) in [6.07, 6.45) is 16.4. The number of likely N-dealkylation sites (tertiary alicyclic amines) is 1. The zero-order valence-corrected chi connectivity index (χ0v) is 28.1. The fraction of sp³-hybridized carbons (Fsp3) is 0.385. The highest BCUT2D eigenvalue weighted by molar-refractivity contribution is 6.06. The Kier molecular flexibility index (Phi) is 10.3. The van der Waals surface area contributed by atoms with Crippen molar-refractivity contribution in [2.45, 2.75) is 39.8 Å². The van der Waals surface area contributed by atoms with Crippen molar-refractivity contribution in [3.8, 4) is 11.1 Å². The average molecular weight is 633 g/mol. The van der Waals surface area contributed by atoms with Crippen molar-refractivity contribution in [1.29, 1.82) is 0 Å². The lowest BCUT2D eigenvalue weighted by molar-refractivity contribution is 0.0665. The zero-order valence-electron chi connectivity index (χ0n) is 28.1. The molecular formula is C39H48N6O2. The Bertz CT molecular complexity index is 1740. The molecule has 0 N–H and O–H groups in total. The molecule has 2 aromatic carbocycles. The maximum atomic E-state index is 14.0. The van der Waals surface area contributed by atoms with Crippen molar-refractivity contribution >= 4 is 16.7 Å². The standard InChI is InChI=1S/C39H48N6O2/c1-5-6-10-30(2)28-47-31(3)43-17-15-32(16-18-43)24-45-29-40-23-34(45)25-42-26-37(36-14-9-12-33-11-7-8-13-35(33)36)38(27-42)39(46)44-21-19-41(4)20-22-44/h5-14,23,26-27,29,32H,3,15-22,24-25,28H2,1-2,4H3/b6-5-,30-10+. The van der Waals surface area contributed by atoms with Crippen LogP contribution in [0.5, 0.6) is 0 Å². The van der Waals surface area contributed by atoms with Crippen molar-refractivity contribution in [1.82, 2.24) is 28.8 Å². The highest BCUT2D eigenvalue weighted by Crippen LogP contribution is 2.33. The summed E-state index contributed by atoms with van der Waals surface area (Å²) in [6.45, 7) is 15.6. The predicted molar refractivity (Wildman–Crippen MR) is 190 cm³/mol. The summed E-state index contributed by atoms with van der Waals surface area (Å²) in [5.74, 6) is 1.42. The number of rotatable bonds is 11. The van der Waals surface area contributed by atoms with Crippen molar-refractivity contribution in [2.24, 2.45) is 5.92 Å². The fourth-order valence-corrected chi connectivity index (χ4v) is 6.70. The van der Waals surface area contributed by atoms with E-state index in [0.29, 0.717) is 19.1 Å². The molecule has 2 fully saturated rings. The van der Waals surface area contributed by atoms with E-state index >= 15 is 0 Å². The van der Waals surface area contributed by atoms with Gasteiger partial charge in [-0.05, 0) is 68.1 Å². The molecule has 0 spiro atoms. The van der Waals surface area contributed by atoms with Gasteiger partial charge in [0.2, 0.25) is 0 Å². The number of ether oxygens (including phenoxy) is 1. The number of fused-ring (bicyclic) bond motifs is 1. The van der Waals surface area contributed by atoms with E-state index in [1.54, 1.807) is 0 Å². The lowest BCUT2D eigenvalue weighted by Crippen LogP contribution is -2.47. The molecule has 8 nitrogen and oxygen atoms in total. The van der Waals surface area contributed by atoms with Crippen molar-refractivity contribution < 1.29 is 9.53 Å². The molecule has 0 radical (unpaired) electrons. The summed E-state index contributed by atoms with van der Waals surface area (Å²) in [6, 6.07) is 14.8. The number of hydrogen-bond acceptors (Lipinski definition) is 5. The van der Waals surface area contributed by atoms with Gasteiger partial charge in [-0.2, -0.15) is 0 Å². The van der Waals surface area contributed by atoms with Crippen LogP contribution in [-0.4, -0.2) is 87.6 Å². The van der Waals surface area contributed by atoms with Crippen LogP contribution in [0.15, 0.2) is 104 Å². The van der Waals surface area contributed by atoms with E-state index in [2.05, 4.69) is 105 Å². The highest BCUT2D eigenvalue weighted by Gasteiger charge is 2.26. The number of allylic oxidation sites excluding steroid dienone is 3. The van der Waals surface area contributed by atoms with Gasteiger partial charge in [0, 0.05) is 70.0 Å². The quantitative estimate of drug-likeness (QED) is 0.137. The number of carbonyl (C=O) groups is 1. The zero-order chi connectivity index (χ0) is 32.8. The van der Waals surface area contributed by atoms with E-state index < -0.39 is 0 Å². The van der Waals surface area contributed by atoms with Crippen LogP contribution in [0.1, 0.15) is 42.7 Å². The van der Waals surface area contributed by atoms with Crippen LogP contribution in [0.4, 0.5) is 0 Å². The number of piperidine rings is 1. The Balaban J connectivity index is 1.16. The monoisotopic (exact) mass is 632 g/mol. The van der Waals surface area contributed by atoms with E-state index in [1.165, 1.54) is 11.0 Å². The number of hydrogen-bond donors (Lipinski definition) is 0. The second-order valence-corrected chi connectivity index (χ2v) is 13.1. The minimum atomic E-state index is 0.106. The first kappa shape index (κ1) is 32.4. The van der Waals surface area contributed by atoms with Crippen LogP contribution in [0.25, 0.3) is 21.9 Å². The van der Waals surface area contributed by atoms with Crippen molar-refractivity contribution in [3.05, 3.63) is 115 Å². The Morgan fingerprint density at radius 1 is 0.979 bits per heavy atom. The van der Waals surface area contributed by atoms with E-state index in [0.717, 1.165) is 92.3 Å². The molecule has 47 heavy (non-hydrogen) atoms.